The highest BCUT2D eigenvalue weighted by Gasteiger charge is 2.16. The SMILES string of the molecule is CCn1c(C)cc(C(=O)CSc2nnc(NCc3ccc(F)cc3)s2)c1C. The van der Waals surface area contributed by atoms with Crippen LogP contribution < -0.4 is 5.32 Å². The van der Waals surface area contributed by atoms with Crippen molar-refractivity contribution < 1.29 is 9.18 Å². The zero-order valence-corrected chi connectivity index (χ0v) is 17.1. The Morgan fingerprint density at radius 2 is 2.00 bits per heavy atom. The average molecular weight is 405 g/mol. The maximum atomic E-state index is 12.9. The first kappa shape index (κ1) is 19.6. The zero-order chi connectivity index (χ0) is 19.4. The topological polar surface area (TPSA) is 59.8 Å². The van der Waals surface area contributed by atoms with Crippen LogP contribution in [0.1, 0.15) is 34.2 Å². The Bertz CT molecular complexity index is 934. The number of rotatable bonds is 8. The van der Waals surface area contributed by atoms with Crippen LogP contribution in [0, 0.1) is 19.7 Å². The third-order valence-electron chi connectivity index (χ3n) is 4.28. The van der Waals surface area contributed by atoms with Crippen LogP contribution >= 0.6 is 23.1 Å². The first-order valence-corrected chi connectivity index (χ1v) is 10.4. The molecule has 3 aromatic rings. The van der Waals surface area contributed by atoms with E-state index in [1.54, 1.807) is 12.1 Å². The number of benzene rings is 1. The molecule has 0 unspecified atom stereocenters. The summed E-state index contributed by atoms with van der Waals surface area (Å²) in [7, 11) is 0. The fourth-order valence-electron chi connectivity index (χ4n) is 2.89. The van der Waals surface area contributed by atoms with Crippen LogP contribution in [0.5, 0.6) is 0 Å². The summed E-state index contributed by atoms with van der Waals surface area (Å²) in [4.78, 5) is 12.5. The first-order valence-electron chi connectivity index (χ1n) is 8.62. The quantitative estimate of drug-likeness (QED) is 0.435. The summed E-state index contributed by atoms with van der Waals surface area (Å²) in [5.41, 5.74) is 3.86. The van der Waals surface area contributed by atoms with Gasteiger partial charge in [-0.15, -0.1) is 10.2 Å². The molecule has 8 heteroatoms. The van der Waals surface area contributed by atoms with Crippen molar-refractivity contribution in [3.63, 3.8) is 0 Å². The van der Waals surface area contributed by atoms with Crippen LogP contribution in [-0.4, -0.2) is 26.3 Å². The zero-order valence-electron chi connectivity index (χ0n) is 15.5. The lowest BCUT2D eigenvalue weighted by Gasteiger charge is -2.05. The minimum absolute atomic E-state index is 0.101. The van der Waals surface area contributed by atoms with Gasteiger partial charge in [0.05, 0.1) is 5.75 Å². The van der Waals surface area contributed by atoms with E-state index in [1.165, 1.54) is 35.2 Å². The molecular weight excluding hydrogens is 383 g/mol. The maximum Gasteiger partial charge on any atom is 0.206 e. The van der Waals surface area contributed by atoms with Gasteiger partial charge in [0, 0.05) is 30.0 Å². The summed E-state index contributed by atoms with van der Waals surface area (Å²) in [5, 5.41) is 12.1. The summed E-state index contributed by atoms with van der Waals surface area (Å²) in [6.07, 6.45) is 0. The third kappa shape index (κ3) is 4.75. The van der Waals surface area contributed by atoms with Gasteiger partial charge in [-0.1, -0.05) is 35.2 Å². The van der Waals surface area contributed by atoms with E-state index in [0.29, 0.717) is 17.4 Å². The summed E-state index contributed by atoms with van der Waals surface area (Å²) >= 11 is 2.80. The van der Waals surface area contributed by atoms with Gasteiger partial charge in [-0.2, -0.15) is 0 Å². The molecule has 0 saturated heterocycles. The van der Waals surface area contributed by atoms with Crippen molar-refractivity contribution in [2.75, 3.05) is 11.1 Å². The van der Waals surface area contributed by atoms with Gasteiger partial charge in [0.25, 0.3) is 0 Å². The molecule has 0 bridgehead atoms. The van der Waals surface area contributed by atoms with E-state index >= 15 is 0 Å². The monoisotopic (exact) mass is 404 g/mol. The summed E-state index contributed by atoms with van der Waals surface area (Å²) in [6, 6.07) is 8.27. The molecule has 0 spiro atoms. The standard InChI is InChI=1S/C19H21FN4OS2/c1-4-24-12(2)9-16(13(24)3)17(25)11-26-19-23-22-18(27-19)21-10-14-5-7-15(20)8-6-14/h5-9H,4,10-11H2,1-3H3,(H,21,22). The molecule has 0 aliphatic heterocycles. The van der Waals surface area contributed by atoms with Gasteiger partial charge in [-0.25, -0.2) is 4.39 Å². The number of hydrogen-bond donors (Lipinski definition) is 1. The molecule has 2 aromatic heterocycles. The number of halogens is 1. The number of carbonyl (C=O) groups excluding carboxylic acids is 1. The van der Waals surface area contributed by atoms with Crippen molar-refractivity contribution in [3.8, 4) is 0 Å². The molecule has 3 rings (SSSR count). The number of ketones is 1. The van der Waals surface area contributed by atoms with Crippen molar-refractivity contribution in [2.45, 2.75) is 38.2 Å². The van der Waals surface area contributed by atoms with Gasteiger partial charge >= 0.3 is 0 Å². The fourth-order valence-corrected chi connectivity index (χ4v) is 4.53. The van der Waals surface area contributed by atoms with Crippen LogP contribution in [0.25, 0.3) is 0 Å². The summed E-state index contributed by atoms with van der Waals surface area (Å²) in [6.45, 7) is 7.48. The molecular formula is C19H21FN4OS2. The largest absolute Gasteiger partial charge is 0.356 e. The number of nitrogens with one attached hydrogen (secondary N) is 1. The van der Waals surface area contributed by atoms with Gasteiger partial charge in [-0.3, -0.25) is 4.79 Å². The van der Waals surface area contributed by atoms with Crippen LogP contribution in [0.4, 0.5) is 9.52 Å². The number of nitrogens with zero attached hydrogens (tertiary/aromatic N) is 3. The van der Waals surface area contributed by atoms with Gasteiger partial charge in [0.1, 0.15) is 5.82 Å². The number of Topliss-reactive ketones (excluding diaryl/α,β-unsaturated/α-hetero) is 1. The van der Waals surface area contributed by atoms with E-state index in [4.69, 9.17) is 0 Å². The molecule has 0 radical (unpaired) electrons. The number of thioether (sulfide) groups is 1. The molecule has 0 aliphatic carbocycles. The van der Waals surface area contributed by atoms with Gasteiger partial charge < -0.3 is 9.88 Å². The second kappa shape index (κ2) is 8.67. The molecule has 2 heterocycles. The highest BCUT2D eigenvalue weighted by atomic mass is 32.2. The Balaban J connectivity index is 1.55. The Morgan fingerprint density at radius 1 is 1.26 bits per heavy atom. The molecule has 0 fully saturated rings. The molecule has 0 amide bonds. The predicted octanol–water partition coefficient (Wildman–Crippen LogP) is 4.70. The molecule has 5 nitrogen and oxygen atoms in total. The van der Waals surface area contributed by atoms with Crippen LogP contribution in [0.15, 0.2) is 34.7 Å². The second-order valence-corrected chi connectivity index (χ2v) is 8.29. The molecule has 1 N–H and O–H groups in total. The van der Waals surface area contributed by atoms with Crippen LogP contribution in [-0.2, 0) is 13.1 Å². The molecule has 0 aliphatic rings. The number of hydrogen-bond acceptors (Lipinski definition) is 6. The van der Waals surface area contributed by atoms with Crippen molar-refractivity contribution in [1.82, 2.24) is 14.8 Å². The highest BCUT2D eigenvalue weighted by Crippen LogP contribution is 2.27. The first-order chi connectivity index (χ1) is 13.0. The van der Waals surface area contributed by atoms with E-state index in [-0.39, 0.29) is 11.6 Å². The highest BCUT2D eigenvalue weighted by molar-refractivity contribution is 8.01. The fraction of sp³-hybridized carbons (Fsp3) is 0.316. The van der Waals surface area contributed by atoms with Gasteiger partial charge in [0.2, 0.25) is 5.13 Å². The van der Waals surface area contributed by atoms with E-state index in [9.17, 15) is 9.18 Å². The van der Waals surface area contributed by atoms with Gasteiger partial charge in [0.15, 0.2) is 10.1 Å². The lowest BCUT2D eigenvalue weighted by molar-refractivity contribution is 0.102. The second-order valence-electron chi connectivity index (χ2n) is 6.09. The predicted molar refractivity (Wildman–Crippen MR) is 108 cm³/mol. The van der Waals surface area contributed by atoms with E-state index < -0.39 is 0 Å². The molecule has 142 valence electrons. The minimum Gasteiger partial charge on any atom is -0.356 e. The lowest BCUT2D eigenvalue weighted by atomic mass is 10.2. The number of carbonyl (C=O) groups is 1. The Hall–Kier alpha value is -2.19. The Morgan fingerprint density at radius 3 is 2.67 bits per heavy atom. The van der Waals surface area contributed by atoms with Crippen LogP contribution in [0.2, 0.25) is 0 Å². The molecule has 1 aromatic carbocycles. The van der Waals surface area contributed by atoms with E-state index in [0.717, 1.165) is 33.4 Å². The average Bonchev–Trinajstić information content (AvgIpc) is 3.23. The van der Waals surface area contributed by atoms with E-state index in [2.05, 4.69) is 27.0 Å². The van der Waals surface area contributed by atoms with Crippen molar-refractivity contribution in [3.05, 3.63) is 58.7 Å². The Kier molecular flexibility index (Phi) is 6.28. The smallest absolute Gasteiger partial charge is 0.206 e. The lowest BCUT2D eigenvalue weighted by Crippen LogP contribution is -2.05. The van der Waals surface area contributed by atoms with Crippen molar-refractivity contribution >= 4 is 34.0 Å². The van der Waals surface area contributed by atoms with Crippen molar-refractivity contribution in [2.24, 2.45) is 0 Å². The number of aromatic nitrogens is 3. The summed E-state index contributed by atoms with van der Waals surface area (Å²) in [5.74, 6) is 0.183. The van der Waals surface area contributed by atoms with Crippen molar-refractivity contribution in [1.29, 1.82) is 0 Å². The normalized spacial score (nSPS) is 11.0. The maximum absolute atomic E-state index is 12.9. The number of aryl methyl sites for hydroxylation is 1. The van der Waals surface area contributed by atoms with Crippen LogP contribution in [0.3, 0.4) is 0 Å². The minimum atomic E-state index is -0.252. The molecule has 0 saturated carbocycles. The number of anilines is 1. The molecule has 0 atom stereocenters. The third-order valence-corrected chi connectivity index (χ3v) is 6.29. The van der Waals surface area contributed by atoms with Gasteiger partial charge in [-0.05, 0) is 44.5 Å². The van der Waals surface area contributed by atoms with E-state index in [1.807, 2.05) is 19.9 Å². The molecule has 27 heavy (non-hydrogen) atoms. The summed E-state index contributed by atoms with van der Waals surface area (Å²) < 4.78 is 15.8. The Labute approximate surface area is 166 Å².